The van der Waals surface area contributed by atoms with Crippen molar-refractivity contribution in [2.24, 2.45) is 0 Å². The zero-order chi connectivity index (χ0) is 13.0. The highest BCUT2D eigenvalue weighted by molar-refractivity contribution is 6.93. The Hall–Kier alpha value is -1.02. The summed E-state index contributed by atoms with van der Waals surface area (Å²) in [6.07, 6.45) is 0. The van der Waals surface area contributed by atoms with Crippen LogP contribution in [0, 0.1) is 0 Å². The van der Waals surface area contributed by atoms with Gasteiger partial charge in [-0.25, -0.2) is 0 Å². The van der Waals surface area contributed by atoms with Gasteiger partial charge in [-0.3, -0.25) is 0 Å². The molecular formula is C14H25NSi. The van der Waals surface area contributed by atoms with E-state index in [0.717, 1.165) is 5.69 Å². The molecule has 0 amide bonds. The maximum absolute atomic E-state index is 6.04. The van der Waals surface area contributed by atoms with Gasteiger partial charge in [0.25, 0.3) is 0 Å². The second-order valence-corrected chi connectivity index (χ2v) is 10.8. The third kappa shape index (κ3) is 2.98. The van der Waals surface area contributed by atoms with Crippen LogP contribution in [-0.4, -0.2) is 8.07 Å². The van der Waals surface area contributed by atoms with Crippen LogP contribution in [0.15, 0.2) is 37.4 Å². The fourth-order valence-electron chi connectivity index (χ4n) is 1.47. The van der Waals surface area contributed by atoms with Crippen LogP contribution >= 0.6 is 0 Å². The van der Waals surface area contributed by atoms with E-state index in [4.69, 9.17) is 5.73 Å². The lowest BCUT2D eigenvalue weighted by atomic mass is 10.2. The highest BCUT2D eigenvalue weighted by Gasteiger charge is 2.37. The normalized spacial score (nSPS) is 11.6. The summed E-state index contributed by atoms with van der Waals surface area (Å²) in [7, 11) is -1.45. The first-order valence-corrected chi connectivity index (χ1v) is 8.62. The molecule has 0 saturated carbocycles. The molecule has 0 bridgehead atoms. The fraction of sp³-hybridized carbons (Fsp3) is 0.429. The van der Waals surface area contributed by atoms with Crippen molar-refractivity contribution in [2.45, 2.75) is 38.9 Å². The SMILES string of the molecule is C=C.CC(C)(C)[Si](C)(C)c1ccccc1N. The molecule has 2 N–H and O–H groups in total. The Kier molecular flexibility index (Phi) is 5.01. The molecule has 0 aliphatic rings. The lowest BCUT2D eigenvalue weighted by molar-refractivity contribution is 0.729. The molecule has 0 aliphatic heterocycles. The van der Waals surface area contributed by atoms with Crippen LogP contribution in [-0.2, 0) is 0 Å². The van der Waals surface area contributed by atoms with Crippen molar-refractivity contribution in [1.82, 2.24) is 0 Å². The number of para-hydroxylation sites is 1. The number of benzene rings is 1. The molecule has 2 heteroatoms. The summed E-state index contributed by atoms with van der Waals surface area (Å²) in [4.78, 5) is 0. The van der Waals surface area contributed by atoms with E-state index in [1.807, 2.05) is 12.1 Å². The van der Waals surface area contributed by atoms with E-state index in [2.05, 4.69) is 59.2 Å². The van der Waals surface area contributed by atoms with Crippen molar-refractivity contribution in [1.29, 1.82) is 0 Å². The number of hydrogen-bond acceptors (Lipinski definition) is 1. The Morgan fingerprint density at radius 3 is 1.88 bits per heavy atom. The Morgan fingerprint density at radius 1 is 1.06 bits per heavy atom. The monoisotopic (exact) mass is 235 g/mol. The number of nitrogens with two attached hydrogens (primary N) is 1. The first kappa shape index (κ1) is 15.0. The molecule has 0 heterocycles. The minimum atomic E-state index is -1.45. The van der Waals surface area contributed by atoms with E-state index in [1.165, 1.54) is 5.19 Å². The maximum atomic E-state index is 6.04. The molecule has 0 aromatic heterocycles. The Bertz CT molecular complexity index is 337. The Morgan fingerprint density at radius 2 is 1.50 bits per heavy atom. The largest absolute Gasteiger partial charge is 0.399 e. The molecule has 1 rings (SSSR count). The van der Waals surface area contributed by atoms with Crippen LogP contribution in [0.5, 0.6) is 0 Å². The van der Waals surface area contributed by atoms with Crippen LogP contribution in [0.2, 0.25) is 18.1 Å². The molecule has 0 aliphatic carbocycles. The third-order valence-corrected chi connectivity index (χ3v) is 9.06. The van der Waals surface area contributed by atoms with Crippen molar-refractivity contribution in [2.75, 3.05) is 5.73 Å². The number of rotatable bonds is 1. The Balaban J connectivity index is 0.00000106. The summed E-state index contributed by atoms with van der Waals surface area (Å²) in [5.74, 6) is 0. The van der Waals surface area contributed by atoms with Gasteiger partial charge in [0, 0.05) is 5.69 Å². The van der Waals surface area contributed by atoms with Gasteiger partial charge < -0.3 is 5.73 Å². The summed E-state index contributed by atoms with van der Waals surface area (Å²) in [5, 5.41) is 1.73. The fourth-order valence-corrected chi connectivity index (χ4v) is 3.60. The van der Waals surface area contributed by atoms with Gasteiger partial charge in [-0.1, -0.05) is 52.1 Å². The second-order valence-electron chi connectivity index (χ2n) is 5.46. The smallest absolute Gasteiger partial charge is 0.0886 e. The highest BCUT2D eigenvalue weighted by atomic mass is 28.3. The lowest BCUT2D eigenvalue weighted by Crippen LogP contribution is -2.50. The number of anilines is 1. The summed E-state index contributed by atoms with van der Waals surface area (Å²) >= 11 is 0. The zero-order valence-electron chi connectivity index (χ0n) is 11.3. The molecule has 1 nitrogen and oxygen atoms in total. The molecule has 0 spiro atoms. The van der Waals surface area contributed by atoms with Gasteiger partial charge in [0.1, 0.15) is 0 Å². The van der Waals surface area contributed by atoms with Gasteiger partial charge in [-0.05, 0) is 16.3 Å². The molecule has 0 atom stereocenters. The minimum Gasteiger partial charge on any atom is -0.399 e. The summed E-state index contributed by atoms with van der Waals surface area (Å²) in [6, 6.07) is 8.29. The molecule has 0 fully saturated rings. The van der Waals surface area contributed by atoms with E-state index in [1.54, 1.807) is 0 Å². The summed E-state index contributed by atoms with van der Waals surface area (Å²) in [5.41, 5.74) is 7.00. The molecule has 1 aromatic rings. The van der Waals surface area contributed by atoms with Crippen LogP contribution < -0.4 is 10.9 Å². The van der Waals surface area contributed by atoms with Crippen molar-refractivity contribution < 1.29 is 0 Å². The third-order valence-electron chi connectivity index (χ3n) is 3.51. The molecule has 0 saturated heterocycles. The summed E-state index contributed by atoms with van der Waals surface area (Å²) < 4.78 is 0. The van der Waals surface area contributed by atoms with Crippen molar-refractivity contribution in [3.05, 3.63) is 37.4 Å². The van der Waals surface area contributed by atoms with Gasteiger partial charge >= 0.3 is 0 Å². The topological polar surface area (TPSA) is 26.0 Å². The van der Waals surface area contributed by atoms with Crippen molar-refractivity contribution >= 4 is 18.9 Å². The lowest BCUT2D eigenvalue weighted by Gasteiger charge is -2.38. The first-order chi connectivity index (χ1) is 7.27. The van der Waals surface area contributed by atoms with Gasteiger partial charge in [-0.15, -0.1) is 13.2 Å². The van der Waals surface area contributed by atoms with Crippen LogP contribution in [0.3, 0.4) is 0 Å². The molecule has 90 valence electrons. The van der Waals surface area contributed by atoms with E-state index >= 15 is 0 Å². The molecule has 0 radical (unpaired) electrons. The second kappa shape index (κ2) is 5.35. The van der Waals surface area contributed by atoms with E-state index in [-0.39, 0.29) is 0 Å². The average molecular weight is 235 g/mol. The van der Waals surface area contributed by atoms with Crippen LogP contribution in [0.25, 0.3) is 0 Å². The first-order valence-electron chi connectivity index (χ1n) is 5.62. The molecule has 1 aromatic carbocycles. The molecule has 0 unspecified atom stereocenters. The Labute approximate surface area is 101 Å². The van der Waals surface area contributed by atoms with Gasteiger partial charge in [0.05, 0.1) is 8.07 Å². The van der Waals surface area contributed by atoms with E-state index < -0.39 is 8.07 Å². The van der Waals surface area contributed by atoms with Crippen LogP contribution in [0.4, 0.5) is 5.69 Å². The predicted molar refractivity (Wildman–Crippen MR) is 78.9 cm³/mol. The molecule has 16 heavy (non-hydrogen) atoms. The number of hydrogen-bond donors (Lipinski definition) is 1. The molecular weight excluding hydrogens is 210 g/mol. The predicted octanol–water partition coefficient (Wildman–Crippen LogP) is 3.79. The van der Waals surface area contributed by atoms with E-state index in [0.29, 0.717) is 5.04 Å². The van der Waals surface area contributed by atoms with Crippen LogP contribution in [0.1, 0.15) is 20.8 Å². The maximum Gasteiger partial charge on any atom is 0.0886 e. The van der Waals surface area contributed by atoms with Gasteiger partial charge in [0.2, 0.25) is 0 Å². The highest BCUT2D eigenvalue weighted by Crippen LogP contribution is 2.36. The average Bonchev–Trinajstić information content (AvgIpc) is 2.19. The zero-order valence-corrected chi connectivity index (χ0v) is 12.3. The van der Waals surface area contributed by atoms with Crippen molar-refractivity contribution in [3.63, 3.8) is 0 Å². The quantitative estimate of drug-likeness (QED) is 0.447. The number of nitrogen functional groups attached to an aromatic ring is 1. The summed E-state index contributed by atoms with van der Waals surface area (Å²) in [6.45, 7) is 17.7. The van der Waals surface area contributed by atoms with Gasteiger partial charge in [-0.2, -0.15) is 0 Å². The van der Waals surface area contributed by atoms with Gasteiger partial charge in [0.15, 0.2) is 0 Å². The minimum absolute atomic E-state index is 0.350. The van der Waals surface area contributed by atoms with E-state index in [9.17, 15) is 0 Å². The standard InChI is InChI=1S/C12H21NSi.C2H4/c1-12(2,3)14(4,5)11-9-7-6-8-10(11)13;1-2/h6-9H,13H2,1-5H3;1-2H2. The van der Waals surface area contributed by atoms with Crippen molar-refractivity contribution in [3.8, 4) is 0 Å².